The van der Waals surface area contributed by atoms with Crippen LogP contribution < -0.4 is 0 Å². The molecule has 1 aromatic heterocycles. The maximum Gasteiger partial charge on any atom is 0.253 e. The Morgan fingerprint density at radius 1 is 1.18 bits per heavy atom. The molecule has 1 heterocycles. The maximum atomic E-state index is 11.6. The Kier molecular flexibility index (Phi) is 3.02. The topological polar surface area (TPSA) is 52.0 Å². The zero-order valence-corrected chi connectivity index (χ0v) is 10.6. The Morgan fingerprint density at radius 2 is 1.82 bits per heavy atom. The summed E-state index contributed by atoms with van der Waals surface area (Å²) in [4.78, 5) is 0. The van der Waals surface area contributed by atoms with Gasteiger partial charge in [0.15, 0.2) is 0 Å². The van der Waals surface area contributed by atoms with Crippen LogP contribution in [0.15, 0.2) is 36.5 Å². The van der Waals surface area contributed by atoms with Crippen LogP contribution in [0.1, 0.15) is 12.5 Å². The fourth-order valence-electron chi connectivity index (χ4n) is 1.47. The van der Waals surface area contributed by atoms with Gasteiger partial charge in [0.1, 0.15) is 0 Å². The van der Waals surface area contributed by atoms with E-state index in [9.17, 15) is 8.42 Å². The molecule has 0 atom stereocenters. The molecule has 0 amide bonds. The van der Waals surface area contributed by atoms with E-state index in [1.54, 1.807) is 13.0 Å². The summed E-state index contributed by atoms with van der Waals surface area (Å²) in [6, 6.07) is 9.52. The first kappa shape index (κ1) is 11.9. The second-order valence-corrected chi connectivity index (χ2v) is 5.96. The molecule has 0 saturated carbocycles. The Hall–Kier alpha value is -1.62. The molecule has 0 spiro atoms. The predicted octanol–water partition coefficient (Wildman–Crippen LogP) is 2.06. The van der Waals surface area contributed by atoms with E-state index in [1.807, 2.05) is 31.2 Å². The fraction of sp³-hybridized carbons (Fsp3) is 0.250. The van der Waals surface area contributed by atoms with Gasteiger partial charge in [-0.2, -0.15) is 9.19 Å². The zero-order valence-electron chi connectivity index (χ0n) is 9.79. The molecule has 0 unspecified atom stereocenters. The second kappa shape index (κ2) is 4.33. The summed E-state index contributed by atoms with van der Waals surface area (Å²) in [5, 5.41) is 4.08. The summed E-state index contributed by atoms with van der Waals surface area (Å²) in [6.45, 7) is 3.60. The van der Waals surface area contributed by atoms with Gasteiger partial charge in [0.25, 0.3) is 10.0 Å². The van der Waals surface area contributed by atoms with Gasteiger partial charge in [-0.25, -0.2) is 8.42 Å². The molecular weight excluding hydrogens is 236 g/mol. The number of aromatic nitrogens is 2. The van der Waals surface area contributed by atoms with Crippen molar-refractivity contribution in [3.05, 3.63) is 42.1 Å². The molecule has 1 aromatic carbocycles. The molecule has 2 aromatic rings. The highest BCUT2D eigenvalue weighted by Crippen LogP contribution is 2.17. The van der Waals surface area contributed by atoms with Crippen molar-refractivity contribution in [2.45, 2.75) is 13.8 Å². The Labute approximate surface area is 101 Å². The van der Waals surface area contributed by atoms with Gasteiger partial charge in [0.2, 0.25) is 0 Å². The summed E-state index contributed by atoms with van der Waals surface area (Å²) in [5.41, 5.74) is 2.75. The third-order valence-corrected chi connectivity index (χ3v) is 4.07. The first-order valence-electron chi connectivity index (χ1n) is 5.39. The van der Waals surface area contributed by atoms with Gasteiger partial charge in [0.05, 0.1) is 11.4 Å². The third-order valence-electron chi connectivity index (χ3n) is 2.56. The van der Waals surface area contributed by atoms with Crippen molar-refractivity contribution in [3.63, 3.8) is 0 Å². The monoisotopic (exact) mass is 250 g/mol. The van der Waals surface area contributed by atoms with Crippen molar-refractivity contribution in [2.24, 2.45) is 0 Å². The van der Waals surface area contributed by atoms with Gasteiger partial charge in [-0.05, 0) is 19.9 Å². The summed E-state index contributed by atoms with van der Waals surface area (Å²) >= 11 is 0. The Morgan fingerprint density at radius 3 is 2.41 bits per heavy atom. The average molecular weight is 250 g/mol. The van der Waals surface area contributed by atoms with Crippen molar-refractivity contribution < 1.29 is 8.42 Å². The van der Waals surface area contributed by atoms with Crippen molar-refractivity contribution in [1.82, 2.24) is 9.19 Å². The van der Waals surface area contributed by atoms with Gasteiger partial charge in [0, 0.05) is 11.8 Å². The molecule has 0 aliphatic carbocycles. The van der Waals surface area contributed by atoms with Crippen LogP contribution in [0.25, 0.3) is 11.3 Å². The first-order valence-corrected chi connectivity index (χ1v) is 7.00. The largest absolute Gasteiger partial charge is 0.253 e. The van der Waals surface area contributed by atoms with Gasteiger partial charge >= 0.3 is 0 Å². The molecule has 90 valence electrons. The molecule has 0 radical (unpaired) electrons. The lowest BCUT2D eigenvalue weighted by Crippen LogP contribution is -2.15. The van der Waals surface area contributed by atoms with Crippen LogP contribution in [0.4, 0.5) is 0 Å². The predicted molar refractivity (Wildman–Crippen MR) is 67.3 cm³/mol. The SMILES string of the molecule is CCS(=O)(=O)n1ccc(-c2ccc(C)cc2)n1. The van der Waals surface area contributed by atoms with Gasteiger partial charge in [-0.3, -0.25) is 0 Å². The number of nitrogens with zero attached hydrogens (tertiary/aromatic N) is 2. The second-order valence-electron chi connectivity index (χ2n) is 3.84. The quantitative estimate of drug-likeness (QED) is 0.837. The van der Waals surface area contributed by atoms with Crippen LogP contribution in [0, 0.1) is 6.92 Å². The summed E-state index contributed by atoms with van der Waals surface area (Å²) in [6.07, 6.45) is 1.48. The van der Waals surface area contributed by atoms with Crippen LogP contribution >= 0.6 is 0 Å². The summed E-state index contributed by atoms with van der Waals surface area (Å²) < 4.78 is 24.2. The zero-order chi connectivity index (χ0) is 12.5. The van der Waals surface area contributed by atoms with E-state index in [-0.39, 0.29) is 5.75 Å². The highest BCUT2D eigenvalue weighted by atomic mass is 32.2. The van der Waals surface area contributed by atoms with Crippen LogP contribution in [-0.4, -0.2) is 23.4 Å². The van der Waals surface area contributed by atoms with Crippen molar-refractivity contribution >= 4 is 10.0 Å². The van der Waals surface area contributed by atoms with Crippen LogP contribution in [0.3, 0.4) is 0 Å². The van der Waals surface area contributed by atoms with Crippen LogP contribution in [-0.2, 0) is 10.0 Å². The van der Waals surface area contributed by atoms with E-state index < -0.39 is 10.0 Å². The lowest BCUT2D eigenvalue weighted by atomic mass is 10.1. The number of benzene rings is 1. The fourth-order valence-corrected chi connectivity index (χ4v) is 2.20. The molecule has 0 fully saturated rings. The summed E-state index contributed by atoms with van der Waals surface area (Å²) in [7, 11) is -3.29. The molecular formula is C12H14N2O2S. The standard InChI is InChI=1S/C12H14N2O2S/c1-3-17(15,16)14-9-8-12(13-14)11-6-4-10(2)5-7-11/h4-9H,3H2,1-2H3. The smallest absolute Gasteiger partial charge is 0.205 e. The molecule has 2 rings (SSSR count). The summed E-state index contributed by atoms with van der Waals surface area (Å²) in [5.74, 6) is 0.0437. The molecule has 0 aliphatic rings. The molecule has 0 aliphatic heterocycles. The normalized spacial score (nSPS) is 11.6. The minimum Gasteiger partial charge on any atom is -0.205 e. The minimum atomic E-state index is -3.29. The number of aryl methyl sites for hydroxylation is 1. The van der Waals surface area contributed by atoms with E-state index in [0.717, 1.165) is 15.2 Å². The maximum absolute atomic E-state index is 11.6. The van der Waals surface area contributed by atoms with E-state index in [4.69, 9.17) is 0 Å². The Bertz CT molecular complexity index is 612. The van der Waals surface area contributed by atoms with E-state index in [2.05, 4.69) is 5.10 Å². The molecule has 4 nitrogen and oxygen atoms in total. The molecule has 0 bridgehead atoms. The average Bonchev–Trinajstić information content (AvgIpc) is 2.80. The lowest BCUT2D eigenvalue weighted by molar-refractivity contribution is 0.581. The van der Waals surface area contributed by atoms with Crippen LogP contribution in [0.2, 0.25) is 0 Å². The number of rotatable bonds is 3. The van der Waals surface area contributed by atoms with Crippen molar-refractivity contribution in [2.75, 3.05) is 5.75 Å². The van der Waals surface area contributed by atoms with Gasteiger partial charge in [-0.15, -0.1) is 0 Å². The van der Waals surface area contributed by atoms with E-state index in [0.29, 0.717) is 5.69 Å². The minimum absolute atomic E-state index is 0.0437. The molecule has 0 N–H and O–H groups in total. The van der Waals surface area contributed by atoms with Crippen molar-refractivity contribution in [1.29, 1.82) is 0 Å². The molecule has 5 heteroatoms. The first-order chi connectivity index (χ1) is 8.03. The molecule has 0 saturated heterocycles. The van der Waals surface area contributed by atoms with E-state index in [1.165, 1.54) is 6.20 Å². The van der Waals surface area contributed by atoms with Crippen molar-refractivity contribution in [3.8, 4) is 11.3 Å². The molecule has 17 heavy (non-hydrogen) atoms. The third kappa shape index (κ3) is 2.39. The van der Waals surface area contributed by atoms with Crippen LogP contribution in [0.5, 0.6) is 0 Å². The van der Waals surface area contributed by atoms with E-state index >= 15 is 0 Å². The van der Waals surface area contributed by atoms with Gasteiger partial charge < -0.3 is 0 Å². The Balaban J connectivity index is 2.40. The highest BCUT2D eigenvalue weighted by molar-refractivity contribution is 7.89. The number of hydrogen-bond donors (Lipinski definition) is 0. The number of hydrogen-bond acceptors (Lipinski definition) is 3. The lowest BCUT2D eigenvalue weighted by Gasteiger charge is -2.00. The van der Waals surface area contributed by atoms with Gasteiger partial charge in [-0.1, -0.05) is 29.8 Å². The highest BCUT2D eigenvalue weighted by Gasteiger charge is 2.12.